The number of nitrogens with zero attached hydrogens (tertiary/aromatic N) is 2. The second-order valence-electron chi connectivity index (χ2n) is 6.75. The number of aryl methyl sites for hydroxylation is 1. The Balaban J connectivity index is 1.60. The van der Waals surface area contributed by atoms with E-state index in [1.54, 1.807) is 6.20 Å². The summed E-state index contributed by atoms with van der Waals surface area (Å²) in [6.07, 6.45) is 5.77. The molecule has 2 amide bonds. The molecule has 5 nitrogen and oxygen atoms in total. The van der Waals surface area contributed by atoms with Gasteiger partial charge in [0.15, 0.2) is 0 Å². The monoisotopic (exact) mass is 370 g/mol. The third-order valence-electron chi connectivity index (χ3n) is 4.89. The van der Waals surface area contributed by atoms with E-state index in [-0.39, 0.29) is 11.9 Å². The van der Waals surface area contributed by atoms with Crippen LogP contribution in [0.5, 0.6) is 0 Å². The number of aromatic nitrogens is 2. The quantitative estimate of drug-likeness (QED) is 0.542. The maximum atomic E-state index is 12.4. The first-order chi connectivity index (χ1) is 13.7. The van der Waals surface area contributed by atoms with E-state index in [0.29, 0.717) is 6.54 Å². The van der Waals surface area contributed by atoms with E-state index < -0.39 is 0 Å². The van der Waals surface area contributed by atoms with Crippen molar-refractivity contribution in [1.82, 2.24) is 14.9 Å². The van der Waals surface area contributed by atoms with Crippen molar-refractivity contribution in [2.75, 3.05) is 11.9 Å². The summed E-state index contributed by atoms with van der Waals surface area (Å²) in [5.41, 5.74) is 4.17. The van der Waals surface area contributed by atoms with Crippen molar-refractivity contribution < 1.29 is 4.79 Å². The van der Waals surface area contributed by atoms with Crippen molar-refractivity contribution in [1.29, 1.82) is 0 Å². The zero-order chi connectivity index (χ0) is 19.3. The Labute approximate surface area is 164 Å². The number of nitrogens with one attached hydrogen (secondary N) is 2. The molecule has 2 aromatic carbocycles. The van der Waals surface area contributed by atoms with Gasteiger partial charge in [-0.2, -0.15) is 0 Å². The van der Waals surface area contributed by atoms with Gasteiger partial charge in [0.2, 0.25) is 0 Å². The minimum Gasteiger partial charge on any atom is -0.350 e. The number of para-hydroxylation sites is 2. The van der Waals surface area contributed by atoms with Gasteiger partial charge >= 0.3 is 6.03 Å². The number of pyridine rings is 1. The molecule has 0 saturated heterocycles. The normalized spacial score (nSPS) is 11.9. The summed E-state index contributed by atoms with van der Waals surface area (Å²) in [6, 6.07) is 21.5. The fraction of sp³-hybridized carbons (Fsp3) is 0.130. The van der Waals surface area contributed by atoms with Crippen LogP contribution in [0.4, 0.5) is 10.5 Å². The lowest BCUT2D eigenvalue weighted by atomic mass is 9.92. The summed E-state index contributed by atoms with van der Waals surface area (Å²) < 4.78 is 2.12. The Morgan fingerprint density at radius 3 is 2.61 bits per heavy atom. The second-order valence-corrected chi connectivity index (χ2v) is 6.75. The van der Waals surface area contributed by atoms with E-state index in [9.17, 15) is 4.79 Å². The molecule has 4 rings (SSSR count). The first kappa shape index (κ1) is 17.8. The summed E-state index contributed by atoms with van der Waals surface area (Å²) in [4.78, 5) is 16.7. The van der Waals surface area contributed by atoms with Crippen molar-refractivity contribution in [3.63, 3.8) is 0 Å². The number of amides is 2. The van der Waals surface area contributed by atoms with Gasteiger partial charge in [0.1, 0.15) is 0 Å². The molecule has 0 aliphatic heterocycles. The SMILES string of the molecule is Cn1cc(C(CNC(=O)Nc2ccccc2)c2cccnc2)c2ccccc21. The summed E-state index contributed by atoms with van der Waals surface area (Å²) in [5, 5.41) is 7.07. The third-order valence-corrected chi connectivity index (χ3v) is 4.89. The number of carbonyl (C=O) groups excluding carboxylic acids is 1. The maximum absolute atomic E-state index is 12.4. The minimum absolute atomic E-state index is 0.00123. The fourth-order valence-electron chi connectivity index (χ4n) is 3.53. The number of rotatable bonds is 5. The van der Waals surface area contributed by atoms with Gasteiger partial charge in [-0.3, -0.25) is 4.98 Å². The molecule has 0 aliphatic carbocycles. The Hall–Kier alpha value is -3.60. The Morgan fingerprint density at radius 2 is 1.82 bits per heavy atom. The highest BCUT2D eigenvalue weighted by Gasteiger charge is 2.20. The van der Waals surface area contributed by atoms with Crippen LogP contribution in [0.15, 0.2) is 85.3 Å². The van der Waals surface area contributed by atoms with Gasteiger partial charge in [0, 0.05) is 54.7 Å². The van der Waals surface area contributed by atoms with Crippen molar-refractivity contribution >= 4 is 22.6 Å². The number of carbonyl (C=O) groups is 1. The number of fused-ring (bicyclic) bond motifs is 1. The largest absolute Gasteiger partial charge is 0.350 e. The van der Waals surface area contributed by atoms with Crippen molar-refractivity contribution in [2.45, 2.75) is 5.92 Å². The van der Waals surface area contributed by atoms with Crippen molar-refractivity contribution in [2.24, 2.45) is 7.05 Å². The van der Waals surface area contributed by atoms with Crippen LogP contribution in [0.25, 0.3) is 10.9 Å². The van der Waals surface area contributed by atoms with E-state index in [1.165, 1.54) is 16.5 Å². The molecule has 28 heavy (non-hydrogen) atoms. The van der Waals surface area contributed by atoms with Gasteiger partial charge in [-0.05, 0) is 35.4 Å². The van der Waals surface area contributed by atoms with E-state index in [4.69, 9.17) is 0 Å². The smallest absolute Gasteiger partial charge is 0.319 e. The van der Waals surface area contributed by atoms with Crippen LogP contribution < -0.4 is 10.6 Å². The third kappa shape index (κ3) is 3.74. The lowest BCUT2D eigenvalue weighted by Crippen LogP contribution is -2.32. The van der Waals surface area contributed by atoms with Crippen LogP contribution in [-0.2, 0) is 7.05 Å². The summed E-state index contributed by atoms with van der Waals surface area (Å²) in [5.74, 6) is 0.00123. The van der Waals surface area contributed by atoms with Crippen LogP contribution in [0.1, 0.15) is 17.0 Å². The maximum Gasteiger partial charge on any atom is 0.319 e. The van der Waals surface area contributed by atoms with E-state index in [2.05, 4.69) is 44.6 Å². The molecule has 2 N–H and O–H groups in total. The molecule has 2 heterocycles. The standard InChI is InChI=1S/C23H22N4O/c1-27-16-21(19-11-5-6-12-22(19)27)20(17-8-7-13-24-14-17)15-25-23(28)26-18-9-3-2-4-10-18/h2-14,16,20H,15H2,1H3,(H2,25,26,28). The van der Waals surface area contributed by atoms with Crippen LogP contribution in [0, 0.1) is 0 Å². The van der Waals surface area contributed by atoms with Gasteiger partial charge in [-0.15, -0.1) is 0 Å². The van der Waals surface area contributed by atoms with Gasteiger partial charge in [-0.1, -0.05) is 42.5 Å². The Bertz CT molecular complexity index is 1070. The summed E-state index contributed by atoms with van der Waals surface area (Å²) >= 11 is 0. The van der Waals surface area contributed by atoms with E-state index in [0.717, 1.165) is 11.3 Å². The van der Waals surface area contributed by atoms with Crippen LogP contribution in [0.3, 0.4) is 0 Å². The van der Waals surface area contributed by atoms with Crippen LogP contribution in [-0.4, -0.2) is 22.1 Å². The number of anilines is 1. The molecule has 0 aliphatic rings. The molecular weight excluding hydrogens is 348 g/mol. The van der Waals surface area contributed by atoms with Gasteiger partial charge in [0.25, 0.3) is 0 Å². The zero-order valence-electron chi connectivity index (χ0n) is 15.7. The number of benzene rings is 2. The molecule has 140 valence electrons. The van der Waals surface area contributed by atoms with E-state index >= 15 is 0 Å². The van der Waals surface area contributed by atoms with Crippen molar-refractivity contribution in [3.05, 3.63) is 96.4 Å². The van der Waals surface area contributed by atoms with E-state index in [1.807, 2.05) is 61.8 Å². The lowest BCUT2D eigenvalue weighted by molar-refractivity contribution is 0.252. The highest BCUT2D eigenvalue weighted by Crippen LogP contribution is 2.31. The molecule has 0 spiro atoms. The summed E-state index contributed by atoms with van der Waals surface area (Å²) in [7, 11) is 2.04. The minimum atomic E-state index is -0.222. The highest BCUT2D eigenvalue weighted by atomic mass is 16.2. The lowest BCUT2D eigenvalue weighted by Gasteiger charge is -2.18. The van der Waals surface area contributed by atoms with Crippen LogP contribution >= 0.6 is 0 Å². The number of hydrogen-bond acceptors (Lipinski definition) is 2. The molecule has 0 fully saturated rings. The molecule has 0 saturated carbocycles. The average molecular weight is 370 g/mol. The molecular formula is C23H22N4O. The van der Waals surface area contributed by atoms with Crippen LogP contribution in [0.2, 0.25) is 0 Å². The number of hydrogen-bond donors (Lipinski definition) is 2. The molecule has 0 bridgehead atoms. The van der Waals surface area contributed by atoms with Gasteiger partial charge in [-0.25, -0.2) is 4.79 Å². The Kier molecular flexibility index (Phi) is 5.06. The summed E-state index contributed by atoms with van der Waals surface area (Å²) in [6.45, 7) is 0.471. The molecule has 1 atom stereocenters. The number of urea groups is 1. The topological polar surface area (TPSA) is 59.0 Å². The highest BCUT2D eigenvalue weighted by molar-refractivity contribution is 5.89. The molecule has 2 aromatic heterocycles. The average Bonchev–Trinajstić information content (AvgIpc) is 3.06. The van der Waals surface area contributed by atoms with Crippen molar-refractivity contribution in [3.8, 4) is 0 Å². The molecule has 4 aromatic rings. The Morgan fingerprint density at radius 1 is 1.04 bits per heavy atom. The first-order valence-electron chi connectivity index (χ1n) is 9.26. The predicted molar refractivity (Wildman–Crippen MR) is 112 cm³/mol. The molecule has 1 unspecified atom stereocenters. The predicted octanol–water partition coefficient (Wildman–Crippen LogP) is 4.53. The zero-order valence-corrected chi connectivity index (χ0v) is 15.7. The van der Waals surface area contributed by atoms with Gasteiger partial charge < -0.3 is 15.2 Å². The molecule has 0 radical (unpaired) electrons. The fourth-order valence-corrected chi connectivity index (χ4v) is 3.53. The second kappa shape index (κ2) is 7.96. The van der Waals surface area contributed by atoms with Gasteiger partial charge in [0.05, 0.1) is 0 Å². The first-order valence-corrected chi connectivity index (χ1v) is 9.26. The molecule has 5 heteroatoms.